The molecule has 4 rings (SSSR count). The van der Waals surface area contributed by atoms with Crippen LogP contribution in [-0.2, 0) is 19.5 Å². The van der Waals surface area contributed by atoms with Crippen molar-refractivity contribution in [2.75, 3.05) is 17.2 Å². The molecule has 0 atom stereocenters. The molecule has 26 heavy (non-hydrogen) atoms. The van der Waals surface area contributed by atoms with E-state index in [1.54, 1.807) is 0 Å². The number of fused-ring (bicyclic) bond motifs is 1. The topological polar surface area (TPSA) is 119 Å². The number of benzene rings is 1. The molecule has 0 aliphatic carbocycles. The van der Waals surface area contributed by atoms with Crippen molar-refractivity contribution in [3.8, 4) is 0 Å². The van der Waals surface area contributed by atoms with Crippen LogP contribution in [0.5, 0.6) is 0 Å². The second-order valence-corrected chi connectivity index (χ2v) is 6.25. The lowest BCUT2D eigenvalue weighted by Crippen LogP contribution is -2.44. The maximum Gasteiger partial charge on any atom is 0.290 e. The zero-order valence-corrected chi connectivity index (χ0v) is 13.8. The van der Waals surface area contributed by atoms with Crippen LogP contribution in [0.3, 0.4) is 0 Å². The average Bonchev–Trinajstić information content (AvgIpc) is 3.20. The van der Waals surface area contributed by atoms with Crippen molar-refractivity contribution in [2.45, 2.75) is 19.5 Å². The molecule has 0 saturated heterocycles. The molecule has 0 saturated carbocycles. The van der Waals surface area contributed by atoms with Crippen molar-refractivity contribution >= 4 is 17.3 Å². The van der Waals surface area contributed by atoms with Crippen LogP contribution in [0, 0.1) is 0 Å². The Morgan fingerprint density at radius 3 is 2.81 bits per heavy atom. The molecule has 0 fully saturated rings. The Labute approximate surface area is 147 Å². The van der Waals surface area contributed by atoms with E-state index in [1.165, 1.54) is 17.8 Å². The van der Waals surface area contributed by atoms with E-state index >= 15 is 0 Å². The SMILES string of the molecule is Nc1c(N2CCc3ccc(CNC(=O)c4ccno4)cc3C2)c(=O)c1=O. The van der Waals surface area contributed by atoms with Gasteiger partial charge in [0.2, 0.25) is 5.76 Å². The lowest BCUT2D eigenvalue weighted by Gasteiger charge is -2.32. The molecule has 8 heteroatoms. The number of hydrogen-bond donors (Lipinski definition) is 2. The third-order valence-electron chi connectivity index (χ3n) is 4.63. The summed E-state index contributed by atoms with van der Waals surface area (Å²) >= 11 is 0. The molecule has 0 unspecified atom stereocenters. The van der Waals surface area contributed by atoms with Crippen molar-refractivity contribution in [2.24, 2.45) is 0 Å². The maximum absolute atomic E-state index is 11.9. The molecule has 0 bridgehead atoms. The van der Waals surface area contributed by atoms with Gasteiger partial charge in [-0.3, -0.25) is 14.4 Å². The quantitative estimate of drug-likeness (QED) is 0.650. The Balaban J connectivity index is 1.48. The van der Waals surface area contributed by atoms with Crippen LogP contribution in [-0.4, -0.2) is 17.6 Å². The Bertz CT molecular complexity index is 1050. The number of carbonyl (C=O) groups is 1. The minimum Gasteiger partial charge on any atom is -0.394 e. The molecule has 1 aliphatic heterocycles. The van der Waals surface area contributed by atoms with E-state index in [1.807, 2.05) is 23.1 Å². The number of nitrogens with two attached hydrogens (primary N) is 1. The fourth-order valence-corrected chi connectivity index (χ4v) is 3.22. The van der Waals surface area contributed by atoms with E-state index in [0.717, 1.165) is 17.5 Å². The Morgan fingerprint density at radius 2 is 2.08 bits per heavy atom. The van der Waals surface area contributed by atoms with Gasteiger partial charge in [-0.2, -0.15) is 0 Å². The number of carbonyl (C=O) groups excluding carboxylic acids is 1. The van der Waals surface area contributed by atoms with Gasteiger partial charge in [0.25, 0.3) is 16.8 Å². The predicted molar refractivity (Wildman–Crippen MR) is 94.6 cm³/mol. The second kappa shape index (κ2) is 6.14. The molecule has 2 heterocycles. The van der Waals surface area contributed by atoms with Crippen LogP contribution < -0.4 is 26.8 Å². The van der Waals surface area contributed by atoms with E-state index in [0.29, 0.717) is 25.3 Å². The highest BCUT2D eigenvalue weighted by Crippen LogP contribution is 2.26. The number of hydrogen-bond acceptors (Lipinski definition) is 7. The summed E-state index contributed by atoms with van der Waals surface area (Å²) in [5.74, 6) is -0.178. The third-order valence-corrected chi connectivity index (χ3v) is 4.63. The van der Waals surface area contributed by atoms with E-state index in [2.05, 4.69) is 10.5 Å². The first-order chi connectivity index (χ1) is 12.5. The smallest absolute Gasteiger partial charge is 0.290 e. The first kappa shape index (κ1) is 16.1. The number of aromatic nitrogens is 1. The largest absolute Gasteiger partial charge is 0.394 e. The van der Waals surface area contributed by atoms with Gasteiger partial charge in [-0.05, 0) is 23.1 Å². The summed E-state index contributed by atoms with van der Waals surface area (Å²) in [6.45, 7) is 1.49. The fraction of sp³-hybridized carbons (Fsp3) is 0.222. The van der Waals surface area contributed by atoms with Crippen molar-refractivity contribution in [1.82, 2.24) is 10.5 Å². The minimum atomic E-state index is -0.602. The normalized spacial score (nSPS) is 13.6. The monoisotopic (exact) mass is 352 g/mol. The van der Waals surface area contributed by atoms with Crippen molar-refractivity contribution in [1.29, 1.82) is 0 Å². The lowest BCUT2D eigenvalue weighted by molar-refractivity contribution is 0.0914. The summed E-state index contributed by atoms with van der Waals surface area (Å²) in [5, 5.41) is 6.27. The number of nitrogen functional groups attached to an aromatic ring is 1. The highest BCUT2D eigenvalue weighted by molar-refractivity contribution is 5.91. The van der Waals surface area contributed by atoms with Crippen LogP contribution in [0.25, 0.3) is 0 Å². The van der Waals surface area contributed by atoms with Gasteiger partial charge in [0.15, 0.2) is 0 Å². The van der Waals surface area contributed by atoms with Crippen LogP contribution in [0.15, 0.2) is 44.6 Å². The van der Waals surface area contributed by atoms with Gasteiger partial charge in [0, 0.05) is 25.7 Å². The van der Waals surface area contributed by atoms with Gasteiger partial charge in [-0.25, -0.2) is 0 Å². The van der Waals surface area contributed by atoms with Gasteiger partial charge in [-0.15, -0.1) is 0 Å². The van der Waals surface area contributed by atoms with E-state index < -0.39 is 10.9 Å². The highest BCUT2D eigenvalue weighted by Gasteiger charge is 2.26. The zero-order chi connectivity index (χ0) is 18.3. The highest BCUT2D eigenvalue weighted by atomic mass is 16.5. The first-order valence-electron chi connectivity index (χ1n) is 8.18. The van der Waals surface area contributed by atoms with Crippen molar-refractivity contribution < 1.29 is 9.32 Å². The number of amides is 1. The van der Waals surface area contributed by atoms with Crippen molar-refractivity contribution in [3.63, 3.8) is 0 Å². The molecule has 3 N–H and O–H groups in total. The average molecular weight is 352 g/mol. The summed E-state index contributed by atoms with van der Waals surface area (Å²) in [6, 6.07) is 7.47. The van der Waals surface area contributed by atoms with E-state index in [-0.39, 0.29) is 17.4 Å². The molecule has 132 valence electrons. The maximum atomic E-state index is 11.9. The molecule has 1 aliphatic rings. The summed E-state index contributed by atoms with van der Waals surface area (Å²) < 4.78 is 4.82. The molecule has 3 aromatic rings. The molecule has 1 amide bonds. The van der Waals surface area contributed by atoms with Gasteiger partial charge in [0.1, 0.15) is 11.4 Å². The molecule has 1 aromatic heterocycles. The number of anilines is 2. The van der Waals surface area contributed by atoms with Crippen molar-refractivity contribution in [3.05, 3.63) is 73.4 Å². The van der Waals surface area contributed by atoms with Gasteiger partial charge in [-0.1, -0.05) is 23.4 Å². The minimum absolute atomic E-state index is 0.0499. The van der Waals surface area contributed by atoms with Gasteiger partial charge >= 0.3 is 0 Å². The molecular weight excluding hydrogens is 336 g/mol. The Kier molecular flexibility index (Phi) is 3.80. The molecular formula is C18H16N4O4. The third kappa shape index (κ3) is 2.65. The summed E-state index contributed by atoms with van der Waals surface area (Å²) in [6.07, 6.45) is 2.17. The Morgan fingerprint density at radius 1 is 1.23 bits per heavy atom. The summed E-state index contributed by atoms with van der Waals surface area (Å²) in [7, 11) is 0. The van der Waals surface area contributed by atoms with Crippen LogP contribution >= 0.6 is 0 Å². The number of nitrogens with zero attached hydrogens (tertiary/aromatic N) is 2. The zero-order valence-electron chi connectivity index (χ0n) is 13.8. The second-order valence-electron chi connectivity index (χ2n) is 6.25. The lowest BCUT2D eigenvalue weighted by atomic mass is 9.96. The number of nitrogens with one attached hydrogen (secondary N) is 1. The Hall–Kier alpha value is -3.42. The first-order valence-corrected chi connectivity index (χ1v) is 8.18. The van der Waals surface area contributed by atoms with Crippen LogP contribution in [0.1, 0.15) is 27.2 Å². The molecule has 8 nitrogen and oxygen atoms in total. The predicted octanol–water partition coefficient (Wildman–Crippen LogP) is 0.346. The van der Waals surface area contributed by atoms with E-state index in [4.69, 9.17) is 10.3 Å². The van der Waals surface area contributed by atoms with Crippen LogP contribution in [0.4, 0.5) is 11.4 Å². The van der Waals surface area contributed by atoms with Crippen LogP contribution in [0.2, 0.25) is 0 Å². The van der Waals surface area contributed by atoms with Gasteiger partial charge < -0.3 is 20.5 Å². The fourth-order valence-electron chi connectivity index (χ4n) is 3.22. The molecule has 0 radical (unpaired) electrons. The van der Waals surface area contributed by atoms with E-state index in [9.17, 15) is 14.4 Å². The summed E-state index contributed by atoms with van der Waals surface area (Å²) in [5.41, 5.74) is 8.09. The van der Waals surface area contributed by atoms with Gasteiger partial charge in [0.05, 0.1) is 6.20 Å². The molecule has 2 aromatic carbocycles. The number of rotatable bonds is 4. The summed E-state index contributed by atoms with van der Waals surface area (Å²) in [4.78, 5) is 36.9. The standard InChI is InChI=1S/C18H16N4O4/c19-14-15(17(24)16(14)23)22-6-4-11-2-1-10(7-12(11)9-22)8-20-18(25)13-3-5-21-26-13/h1-3,5,7H,4,6,8-9,19H2,(H,20,25). The molecule has 0 spiro atoms.